The van der Waals surface area contributed by atoms with E-state index in [4.69, 9.17) is 19.3 Å². The molecule has 7 nitrogen and oxygen atoms in total. The van der Waals surface area contributed by atoms with Gasteiger partial charge in [-0.2, -0.15) is 5.10 Å². The molecule has 1 unspecified atom stereocenters. The molecule has 1 aliphatic rings. The number of methoxy groups -OCH3 is 3. The van der Waals surface area contributed by atoms with Gasteiger partial charge >= 0.3 is 0 Å². The van der Waals surface area contributed by atoms with E-state index in [9.17, 15) is 4.79 Å². The zero-order chi connectivity index (χ0) is 23.7. The van der Waals surface area contributed by atoms with E-state index >= 15 is 0 Å². The van der Waals surface area contributed by atoms with E-state index in [0.717, 1.165) is 33.8 Å². The number of hydrogen-bond acceptors (Lipinski definition) is 5. The lowest BCUT2D eigenvalue weighted by atomic mass is 9.84. The summed E-state index contributed by atoms with van der Waals surface area (Å²) in [7, 11) is 4.87. The van der Waals surface area contributed by atoms with Gasteiger partial charge in [-0.3, -0.25) is 4.79 Å². The predicted octanol–water partition coefficient (Wildman–Crippen LogP) is 5.04. The summed E-state index contributed by atoms with van der Waals surface area (Å²) in [5.74, 6) is 2.44. The Kier molecular flexibility index (Phi) is 5.67. The zero-order valence-electron chi connectivity index (χ0n) is 19.2. The first-order valence-corrected chi connectivity index (χ1v) is 11.0. The van der Waals surface area contributed by atoms with E-state index in [1.54, 1.807) is 26.0 Å². The highest BCUT2D eigenvalue weighted by Gasteiger charge is 2.35. The average molecular weight is 456 g/mol. The average Bonchev–Trinajstić information content (AvgIpc) is 3.27. The molecule has 0 spiro atoms. The zero-order valence-corrected chi connectivity index (χ0v) is 19.2. The number of nitrogens with one attached hydrogen (secondary N) is 1. The molecule has 7 heteroatoms. The Morgan fingerprint density at radius 2 is 1.59 bits per heavy atom. The van der Waals surface area contributed by atoms with Crippen LogP contribution in [0.15, 0.2) is 72.8 Å². The van der Waals surface area contributed by atoms with E-state index in [0.29, 0.717) is 17.3 Å². The van der Waals surface area contributed by atoms with Gasteiger partial charge in [-0.05, 0) is 30.3 Å². The van der Waals surface area contributed by atoms with Crippen LogP contribution in [-0.4, -0.2) is 37.0 Å². The second kappa shape index (κ2) is 8.94. The number of hydrogen-bond donors (Lipinski definition) is 1. The predicted molar refractivity (Wildman–Crippen MR) is 130 cm³/mol. The summed E-state index contributed by atoms with van der Waals surface area (Å²) < 4.78 is 18.2. The van der Waals surface area contributed by atoms with E-state index in [1.165, 1.54) is 0 Å². The number of nitrogens with zero attached hydrogens (tertiary/aromatic N) is 2. The maximum atomic E-state index is 12.9. The number of ether oxygens (including phenoxy) is 3. The first-order chi connectivity index (χ1) is 16.6. The summed E-state index contributed by atoms with van der Waals surface area (Å²) in [4.78, 5) is 12.9. The van der Waals surface area contributed by atoms with Crippen molar-refractivity contribution in [1.29, 1.82) is 0 Å². The Morgan fingerprint density at radius 1 is 0.882 bits per heavy atom. The van der Waals surface area contributed by atoms with E-state index in [2.05, 4.69) is 5.32 Å². The SMILES string of the molecule is COc1ccc(-n2nc(-c3ccccc3)c3c2NC(=O)CC3c2ccc(OC)cc2OC)cc1. The molecule has 172 valence electrons. The van der Waals surface area contributed by atoms with Crippen molar-refractivity contribution >= 4 is 11.7 Å². The number of amides is 1. The molecule has 1 aliphatic heterocycles. The van der Waals surface area contributed by atoms with Crippen LogP contribution in [0.25, 0.3) is 16.9 Å². The molecule has 1 atom stereocenters. The van der Waals surface area contributed by atoms with Crippen molar-refractivity contribution in [2.45, 2.75) is 12.3 Å². The van der Waals surface area contributed by atoms with Gasteiger partial charge in [0.1, 0.15) is 23.1 Å². The van der Waals surface area contributed by atoms with Crippen LogP contribution >= 0.6 is 0 Å². The largest absolute Gasteiger partial charge is 0.497 e. The molecule has 5 rings (SSSR count). The highest BCUT2D eigenvalue weighted by atomic mass is 16.5. The Bertz CT molecular complexity index is 1330. The van der Waals surface area contributed by atoms with Crippen molar-refractivity contribution in [2.75, 3.05) is 26.6 Å². The summed E-state index contributed by atoms with van der Waals surface area (Å²) in [6.45, 7) is 0. The molecule has 3 aromatic carbocycles. The van der Waals surface area contributed by atoms with Gasteiger partial charge in [-0.25, -0.2) is 4.68 Å². The summed E-state index contributed by atoms with van der Waals surface area (Å²) in [6, 6.07) is 23.3. The second-order valence-corrected chi connectivity index (χ2v) is 8.00. The molecule has 0 saturated carbocycles. The molecular weight excluding hydrogens is 430 g/mol. The number of carbonyl (C=O) groups is 1. The van der Waals surface area contributed by atoms with Crippen LogP contribution in [0.3, 0.4) is 0 Å². The third kappa shape index (κ3) is 3.75. The third-order valence-electron chi connectivity index (χ3n) is 6.10. The minimum Gasteiger partial charge on any atom is -0.497 e. The van der Waals surface area contributed by atoms with Crippen molar-refractivity contribution < 1.29 is 19.0 Å². The van der Waals surface area contributed by atoms with Gasteiger partial charge in [0.15, 0.2) is 0 Å². The number of benzene rings is 3. The molecule has 4 aromatic rings. The normalized spacial score (nSPS) is 14.8. The summed E-state index contributed by atoms with van der Waals surface area (Å²) in [6.07, 6.45) is 0.282. The summed E-state index contributed by atoms with van der Waals surface area (Å²) >= 11 is 0. The van der Waals surface area contributed by atoms with Crippen LogP contribution in [0.4, 0.5) is 5.82 Å². The molecular formula is C27H25N3O4. The third-order valence-corrected chi connectivity index (χ3v) is 6.10. The summed E-state index contributed by atoms with van der Waals surface area (Å²) in [5.41, 5.74) is 4.46. The molecule has 0 radical (unpaired) electrons. The summed E-state index contributed by atoms with van der Waals surface area (Å²) in [5, 5.41) is 8.05. The minimum absolute atomic E-state index is 0.0790. The van der Waals surface area contributed by atoms with Crippen molar-refractivity contribution in [3.63, 3.8) is 0 Å². The topological polar surface area (TPSA) is 74.6 Å². The Hall–Kier alpha value is -4.26. The fraction of sp³-hybridized carbons (Fsp3) is 0.185. The molecule has 0 saturated heterocycles. The number of carbonyl (C=O) groups excluding carboxylic acids is 1. The fourth-order valence-electron chi connectivity index (χ4n) is 4.44. The molecule has 0 bridgehead atoms. The minimum atomic E-state index is -0.244. The molecule has 1 aromatic heterocycles. The Balaban J connectivity index is 1.74. The van der Waals surface area contributed by atoms with Gasteiger partial charge in [0.05, 0.1) is 32.7 Å². The molecule has 0 aliphatic carbocycles. The number of aromatic nitrogens is 2. The lowest BCUT2D eigenvalue weighted by Gasteiger charge is -2.26. The maximum absolute atomic E-state index is 12.9. The number of fused-ring (bicyclic) bond motifs is 1. The van der Waals surface area contributed by atoms with Crippen LogP contribution in [0.2, 0.25) is 0 Å². The van der Waals surface area contributed by atoms with Crippen molar-refractivity contribution in [3.8, 4) is 34.2 Å². The van der Waals surface area contributed by atoms with Crippen LogP contribution < -0.4 is 19.5 Å². The van der Waals surface area contributed by atoms with Gasteiger partial charge in [-0.1, -0.05) is 36.4 Å². The van der Waals surface area contributed by atoms with Crippen molar-refractivity contribution in [2.24, 2.45) is 0 Å². The van der Waals surface area contributed by atoms with Gasteiger partial charge in [0.2, 0.25) is 5.91 Å². The van der Waals surface area contributed by atoms with E-state index in [-0.39, 0.29) is 18.2 Å². The molecule has 1 N–H and O–H groups in total. The van der Waals surface area contributed by atoms with E-state index in [1.807, 2.05) is 72.8 Å². The quantitative estimate of drug-likeness (QED) is 0.441. The van der Waals surface area contributed by atoms with Crippen LogP contribution in [-0.2, 0) is 4.79 Å². The Morgan fingerprint density at radius 3 is 2.26 bits per heavy atom. The molecule has 34 heavy (non-hydrogen) atoms. The first kappa shape index (κ1) is 21.6. The number of rotatable bonds is 6. The highest BCUT2D eigenvalue weighted by molar-refractivity contribution is 5.97. The van der Waals surface area contributed by atoms with Gasteiger partial charge < -0.3 is 19.5 Å². The second-order valence-electron chi connectivity index (χ2n) is 8.00. The van der Waals surface area contributed by atoms with Crippen LogP contribution in [0, 0.1) is 0 Å². The molecule has 1 amide bonds. The highest BCUT2D eigenvalue weighted by Crippen LogP contribution is 2.46. The lowest BCUT2D eigenvalue weighted by Crippen LogP contribution is -2.25. The van der Waals surface area contributed by atoms with Gasteiger partial charge in [-0.15, -0.1) is 0 Å². The first-order valence-electron chi connectivity index (χ1n) is 11.0. The standard InChI is InChI=1S/C27H25N3O4/c1-32-19-11-9-18(10-12-19)30-27-25(26(29-30)17-7-5-4-6-8-17)22(16-24(31)28-27)21-14-13-20(33-2)15-23(21)34-3/h4-15,22H,16H2,1-3H3,(H,28,31). The lowest BCUT2D eigenvalue weighted by molar-refractivity contribution is -0.116. The molecule has 0 fully saturated rings. The van der Waals surface area contributed by atoms with Crippen molar-refractivity contribution in [1.82, 2.24) is 9.78 Å². The fourth-order valence-corrected chi connectivity index (χ4v) is 4.44. The Labute approximate surface area is 197 Å². The van der Waals surface area contributed by atoms with Gasteiger partial charge in [0, 0.05) is 35.1 Å². The monoisotopic (exact) mass is 455 g/mol. The van der Waals surface area contributed by atoms with Crippen molar-refractivity contribution in [3.05, 3.63) is 83.9 Å². The maximum Gasteiger partial charge on any atom is 0.226 e. The van der Waals surface area contributed by atoms with Gasteiger partial charge in [0.25, 0.3) is 0 Å². The van der Waals surface area contributed by atoms with Crippen LogP contribution in [0.5, 0.6) is 17.2 Å². The molecule has 2 heterocycles. The number of anilines is 1. The van der Waals surface area contributed by atoms with Crippen LogP contribution in [0.1, 0.15) is 23.5 Å². The van der Waals surface area contributed by atoms with E-state index < -0.39 is 0 Å². The smallest absolute Gasteiger partial charge is 0.226 e.